The molecule has 0 saturated carbocycles. The number of hydrogen-bond acceptors (Lipinski definition) is 3. The van der Waals surface area contributed by atoms with E-state index < -0.39 is 0 Å². The van der Waals surface area contributed by atoms with Gasteiger partial charge in [0.15, 0.2) is 0 Å². The van der Waals surface area contributed by atoms with Crippen LogP contribution >= 0.6 is 0 Å². The summed E-state index contributed by atoms with van der Waals surface area (Å²) in [5.74, 6) is -0.0454. The number of nitrogens with zero attached hydrogens (tertiary/aromatic N) is 2. The number of hydrogen-bond donors (Lipinski definition) is 2. The van der Waals surface area contributed by atoms with Crippen LogP contribution in [0.3, 0.4) is 0 Å². The van der Waals surface area contributed by atoms with Crippen molar-refractivity contribution in [2.24, 2.45) is 7.05 Å². The lowest BCUT2D eigenvalue weighted by molar-refractivity contribution is -0.117. The number of aryl methyl sites for hydroxylation is 2. The molecular weight excluding hydrogens is 252 g/mol. The maximum atomic E-state index is 12.0. The Balaban J connectivity index is 1.86. The van der Waals surface area contributed by atoms with Crippen LogP contribution in [0, 0.1) is 6.92 Å². The van der Waals surface area contributed by atoms with Crippen LogP contribution in [0.25, 0.3) is 0 Å². The topological polar surface area (TPSA) is 59.0 Å². The van der Waals surface area contributed by atoms with Gasteiger partial charge in [-0.1, -0.05) is 17.7 Å². The van der Waals surface area contributed by atoms with Crippen LogP contribution in [-0.4, -0.2) is 21.7 Å². The smallest absolute Gasteiger partial charge is 0.241 e. The van der Waals surface area contributed by atoms with Crippen LogP contribution in [0.5, 0.6) is 0 Å². The van der Waals surface area contributed by atoms with E-state index in [0.717, 1.165) is 11.4 Å². The molecule has 106 valence electrons. The van der Waals surface area contributed by atoms with Crippen molar-refractivity contribution < 1.29 is 4.79 Å². The summed E-state index contributed by atoms with van der Waals surface area (Å²) in [4.78, 5) is 12.0. The fourth-order valence-corrected chi connectivity index (χ4v) is 1.81. The van der Waals surface area contributed by atoms with Crippen molar-refractivity contribution in [3.63, 3.8) is 0 Å². The van der Waals surface area contributed by atoms with E-state index >= 15 is 0 Å². The highest BCUT2D eigenvalue weighted by molar-refractivity contribution is 5.94. The fraction of sp³-hybridized carbons (Fsp3) is 0.333. The van der Waals surface area contributed by atoms with Crippen molar-refractivity contribution in [1.29, 1.82) is 0 Å². The molecule has 0 fully saturated rings. The standard InChI is InChI=1S/C15H20N4O/c1-11-4-6-13(7-5-11)18-15(20)12(2)16-10-14-8-9-17-19(14)3/h4-9,12,16H,10H2,1-3H3,(H,18,20). The first-order chi connectivity index (χ1) is 9.56. The fourth-order valence-electron chi connectivity index (χ4n) is 1.81. The summed E-state index contributed by atoms with van der Waals surface area (Å²) in [6.45, 7) is 4.47. The van der Waals surface area contributed by atoms with Crippen molar-refractivity contribution in [1.82, 2.24) is 15.1 Å². The Hall–Kier alpha value is -2.14. The number of anilines is 1. The molecule has 1 aromatic heterocycles. The zero-order valence-corrected chi connectivity index (χ0v) is 12.1. The average Bonchev–Trinajstić information content (AvgIpc) is 2.84. The predicted octanol–water partition coefficient (Wildman–Crippen LogP) is 1.85. The molecule has 1 atom stereocenters. The summed E-state index contributed by atoms with van der Waals surface area (Å²) in [6.07, 6.45) is 1.74. The number of carbonyl (C=O) groups is 1. The van der Waals surface area contributed by atoms with Gasteiger partial charge in [0.2, 0.25) is 5.91 Å². The first kappa shape index (κ1) is 14.3. The molecule has 1 amide bonds. The molecular formula is C15H20N4O. The summed E-state index contributed by atoms with van der Waals surface area (Å²) in [5.41, 5.74) is 3.03. The van der Waals surface area contributed by atoms with Gasteiger partial charge in [-0.25, -0.2) is 0 Å². The Labute approximate surface area is 119 Å². The predicted molar refractivity (Wildman–Crippen MR) is 79.3 cm³/mol. The molecule has 5 nitrogen and oxygen atoms in total. The molecule has 2 rings (SSSR count). The van der Waals surface area contributed by atoms with Crippen molar-refractivity contribution in [2.45, 2.75) is 26.4 Å². The highest BCUT2D eigenvalue weighted by Crippen LogP contribution is 2.09. The van der Waals surface area contributed by atoms with Crippen molar-refractivity contribution in [3.05, 3.63) is 47.8 Å². The monoisotopic (exact) mass is 272 g/mol. The van der Waals surface area contributed by atoms with Crippen molar-refractivity contribution in [2.75, 3.05) is 5.32 Å². The second kappa shape index (κ2) is 6.34. The zero-order valence-electron chi connectivity index (χ0n) is 12.1. The maximum Gasteiger partial charge on any atom is 0.241 e. The van der Waals surface area contributed by atoms with Crippen molar-refractivity contribution in [3.8, 4) is 0 Å². The molecule has 0 spiro atoms. The van der Waals surface area contributed by atoms with E-state index in [1.165, 1.54) is 5.56 Å². The molecule has 0 aliphatic rings. The Bertz CT molecular complexity index is 574. The van der Waals surface area contributed by atoms with E-state index in [0.29, 0.717) is 6.54 Å². The molecule has 1 heterocycles. The third-order valence-corrected chi connectivity index (χ3v) is 3.22. The van der Waals surface area contributed by atoms with Gasteiger partial charge in [-0.05, 0) is 32.0 Å². The molecule has 0 aliphatic carbocycles. The van der Waals surface area contributed by atoms with Crippen LogP contribution in [-0.2, 0) is 18.4 Å². The normalized spacial score (nSPS) is 12.2. The number of carbonyl (C=O) groups excluding carboxylic acids is 1. The quantitative estimate of drug-likeness (QED) is 0.873. The molecule has 20 heavy (non-hydrogen) atoms. The molecule has 1 unspecified atom stereocenters. The molecule has 2 aromatic rings. The van der Waals surface area contributed by atoms with E-state index in [-0.39, 0.29) is 11.9 Å². The number of rotatable bonds is 5. The summed E-state index contributed by atoms with van der Waals surface area (Å²) in [7, 11) is 1.88. The van der Waals surface area contributed by atoms with Gasteiger partial charge in [0.05, 0.1) is 11.7 Å². The summed E-state index contributed by atoms with van der Waals surface area (Å²) in [5, 5.41) is 10.2. The minimum Gasteiger partial charge on any atom is -0.325 e. The SMILES string of the molecule is Cc1ccc(NC(=O)C(C)NCc2ccnn2C)cc1. The second-order valence-corrected chi connectivity index (χ2v) is 4.90. The van der Waals surface area contributed by atoms with E-state index in [1.807, 2.05) is 51.2 Å². The summed E-state index contributed by atoms with van der Waals surface area (Å²) in [6, 6.07) is 9.41. The number of nitrogens with one attached hydrogen (secondary N) is 2. The molecule has 0 radical (unpaired) electrons. The second-order valence-electron chi connectivity index (χ2n) is 4.90. The van der Waals surface area contributed by atoms with Gasteiger partial charge in [0.1, 0.15) is 0 Å². The van der Waals surface area contributed by atoms with Crippen LogP contribution < -0.4 is 10.6 Å². The molecule has 1 aromatic carbocycles. The van der Waals surface area contributed by atoms with E-state index in [9.17, 15) is 4.79 Å². The molecule has 5 heteroatoms. The van der Waals surface area contributed by atoms with Crippen molar-refractivity contribution >= 4 is 11.6 Å². The average molecular weight is 272 g/mol. The van der Waals surface area contributed by atoms with Crippen LogP contribution in [0.1, 0.15) is 18.2 Å². The summed E-state index contributed by atoms with van der Waals surface area (Å²) < 4.78 is 1.79. The lowest BCUT2D eigenvalue weighted by Crippen LogP contribution is -2.38. The van der Waals surface area contributed by atoms with Crippen LogP contribution in [0.2, 0.25) is 0 Å². The maximum absolute atomic E-state index is 12.0. The Morgan fingerprint density at radius 2 is 2.00 bits per heavy atom. The lowest BCUT2D eigenvalue weighted by atomic mass is 10.2. The van der Waals surface area contributed by atoms with Gasteiger partial charge in [-0.15, -0.1) is 0 Å². The third kappa shape index (κ3) is 3.68. The number of aromatic nitrogens is 2. The minimum atomic E-state index is -0.272. The van der Waals surface area contributed by atoms with Gasteiger partial charge >= 0.3 is 0 Å². The first-order valence-corrected chi connectivity index (χ1v) is 6.64. The Morgan fingerprint density at radius 3 is 2.60 bits per heavy atom. The molecule has 0 aliphatic heterocycles. The van der Waals surface area contributed by atoms with Crippen LogP contribution in [0.15, 0.2) is 36.5 Å². The first-order valence-electron chi connectivity index (χ1n) is 6.64. The number of benzene rings is 1. The van der Waals surface area contributed by atoms with Gasteiger partial charge in [0.25, 0.3) is 0 Å². The van der Waals surface area contributed by atoms with Crippen LogP contribution in [0.4, 0.5) is 5.69 Å². The Morgan fingerprint density at radius 1 is 1.30 bits per heavy atom. The van der Waals surface area contributed by atoms with E-state index in [4.69, 9.17) is 0 Å². The molecule has 0 bridgehead atoms. The van der Waals surface area contributed by atoms with Gasteiger partial charge in [-0.2, -0.15) is 5.10 Å². The lowest BCUT2D eigenvalue weighted by Gasteiger charge is -2.14. The van der Waals surface area contributed by atoms with Gasteiger partial charge in [0, 0.05) is 25.5 Å². The molecule has 0 saturated heterocycles. The summed E-state index contributed by atoms with van der Waals surface area (Å²) >= 11 is 0. The molecule has 2 N–H and O–H groups in total. The highest BCUT2D eigenvalue weighted by Gasteiger charge is 2.12. The minimum absolute atomic E-state index is 0.0454. The third-order valence-electron chi connectivity index (χ3n) is 3.22. The highest BCUT2D eigenvalue weighted by atomic mass is 16.2. The Kier molecular flexibility index (Phi) is 4.53. The van der Waals surface area contributed by atoms with E-state index in [1.54, 1.807) is 10.9 Å². The van der Waals surface area contributed by atoms with E-state index in [2.05, 4.69) is 15.7 Å². The van der Waals surface area contributed by atoms with Gasteiger partial charge < -0.3 is 10.6 Å². The number of amides is 1. The zero-order chi connectivity index (χ0) is 14.5. The van der Waals surface area contributed by atoms with Gasteiger partial charge in [-0.3, -0.25) is 9.48 Å². The largest absolute Gasteiger partial charge is 0.325 e.